The summed E-state index contributed by atoms with van der Waals surface area (Å²) >= 11 is 6.04. The maximum Gasteiger partial charge on any atom is 0.252 e. The van der Waals surface area contributed by atoms with Crippen LogP contribution in [0.3, 0.4) is 0 Å². The molecule has 0 aromatic heterocycles. The lowest BCUT2D eigenvalue weighted by Crippen LogP contribution is -2.29. The summed E-state index contributed by atoms with van der Waals surface area (Å²) in [7, 11) is 0. The lowest BCUT2D eigenvalue weighted by Gasteiger charge is -2.12. The fourth-order valence-electron chi connectivity index (χ4n) is 1.79. The first kappa shape index (κ1) is 18.5. The number of carbonyl (C=O) groups excluding carboxylic acids is 2. The Kier molecular flexibility index (Phi) is 7.35. The number of halogens is 1. The van der Waals surface area contributed by atoms with Crippen LogP contribution < -0.4 is 10.6 Å². The minimum absolute atomic E-state index is 0.000683. The zero-order valence-corrected chi connectivity index (χ0v) is 13.9. The predicted molar refractivity (Wildman–Crippen MR) is 88.1 cm³/mol. The number of carbonyl (C=O) groups is 2. The van der Waals surface area contributed by atoms with Crippen LogP contribution in [-0.2, 0) is 4.79 Å². The van der Waals surface area contributed by atoms with Gasteiger partial charge in [-0.2, -0.15) is 0 Å². The van der Waals surface area contributed by atoms with Crippen LogP contribution in [0.5, 0.6) is 0 Å². The largest absolute Gasteiger partial charge is 0.396 e. The number of rotatable bonds is 7. The molecule has 0 saturated carbocycles. The van der Waals surface area contributed by atoms with Crippen LogP contribution >= 0.6 is 11.6 Å². The van der Waals surface area contributed by atoms with Gasteiger partial charge >= 0.3 is 0 Å². The second-order valence-corrected chi connectivity index (χ2v) is 6.25. The highest BCUT2D eigenvalue weighted by atomic mass is 35.5. The zero-order valence-electron chi connectivity index (χ0n) is 13.1. The summed E-state index contributed by atoms with van der Waals surface area (Å²) in [6, 6.07) is 4.80. The van der Waals surface area contributed by atoms with Crippen LogP contribution in [0.1, 0.15) is 37.6 Å². The smallest absolute Gasteiger partial charge is 0.252 e. The molecule has 0 bridgehead atoms. The van der Waals surface area contributed by atoms with E-state index in [9.17, 15) is 9.59 Å². The van der Waals surface area contributed by atoms with E-state index < -0.39 is 0 Å². The van der Waals surface area contributed by atoms with Crippen molar-refractivity contribution < 1.29 is 14.7 Å². The van der Waals surface area contributed by atoms with E-state index in [0.29, 0.717) is 29.2 Å². The van der Waals surface area contributed by atoms with Gasteiger partial charge in [-0.15, -0.1) is 0 Å². The first-order valence-corrected chi connectivity index (χ1v) is 7.69. The van der Waals surface area contributed by atoms with Crippen LogP contribution in [0, 0.1) is 11.8 Å². The molecule has 0 heterocycles. The number of benzene rings is 1. The number of hydrogen-bond donors (Lipinski definition) is 3. The summed E-state index contributed by atoms with van der Waals surface area (Å²) in [6.07, 6.45) is 0.415. The Labute approximate surface area is 136 Å². The van der Waals surface area contributed by atoms with E-state index in [0.717, 1.165) is 0 Å². The van der Waals surface area contributed by atoms with Crippen molar-refractivity contribution in [3.63, 3.8) is 0 Å². The molecule has 0 aliphatic heterocycles. The first-order chi connectivity index (χ1) is 10.3. The lowest BCUT2D eigenvalue weighted by molar-refractivity contribution is -0.116. The Hall–Kier alpha value is -1.59. The Morgan fingerprint density at radius 3 is 2.55 bits per heavy atom. The summed E-state index contributed by atoms with van der Waals surface area (Å²) in [5.74, 6) is -0.200. The molecule has 0 saturated heterocycles. The lowest BCUT2D eigenvalue weighted by atomic mass is 10.1. The third-order valence-electron chi connectivity index (χ3n) is 3.01. The van der Waals surface area contributed by atoms with Crippen LogP contribution in [0.25, 0.3) is 0 Å². The fraction of sp³-hybridized carbons (Fsp3) is 0.500. The Balaban J connectivity index is 2.77. The molecule has 122 valence electrons. The van der Waals surface area contributed by atoms with Crippen molar-refractivity contribution in [1.82, 2.24) is 5.32 Å². The van der Waals surface area contributed by atoms with E-state index in [2.05, 4.69) is 10.6 Å². The molecule has 0 fully saturated rings. The minimum Gasteiger partial charge on any atom is -0.396 e. The molecule has 22 heavy (non-hydrogen) atoms. The van der Waals surface area contributed by atoms with E-state index in [4.69, 9.17) is 16.7 Å². The van der Waals surface area contributed by atoms with Crippen molar-refractivity contribution in [2.24, 2.45) is 11.8 Å². The Morgan fingerprint density at radius 2 is 1.95 bits per heavy atom. The quantitative estimate of drug-likeness (QED) is 0.721. The molecule has 0 aliphatic rings. The molecular formula is C16H23ClN2O3. The van der Waals surface area contributed by atoms with E-state index in [1.165, 1.54) is 0 Å². The molecule has 1 rings (SSSR count). The highest BCUT2D eigenvalue weighted by molar-refractivity contribution is 6.34. The number of aliphatic hydroxyl groups is 1. The molecule has 5 nitrogen and oxygen atoms in total. The second kappa shape index (κ2) is 8.76. The van der Waals surface area contributed by atoms with Gasteiger partial charge in [-0.3, -0.25) is 9.59 Å². The number of hydrogen-bond acceptors (Lipinski definition) is 3. The second-order valence-electron chi connectivity index (χ2n) is 5.84. The topological polar surface area (TPSA) is 78.4 Å². The maximum atomic E-state index is 12.1. The van der Waals surface area contributed by atoms with E-state index in [1.54, 1.807) is 18.2 Å². The molecule has 1 aromatic carbocycles. The van der Waals surface area contributed by atoms with Gasteiger partial charge in [-0.1, -0.05) is 32.4 Å². The number of anilines is 1. The molecule has 1 unspecified atom stereocenters. The van der Waals surface area contributed by atoms with Crippen LogP contribution in [-0.4, -0.2) is 30.1 Å². The van der Waals surface area contributed by atoms with E-state index in [-0.39, 0.29) is 30.3 Å². The molecule has 3 N–H and O–H groups in total. The molecule has 0 aliphatic carbocycles. The first-order valence-electron chi connectivity index (χ1n) is 7.32. The molecule has 6 heteroatoms. The maximum absolute atomic E-state index is 12.1. The predicted octanol–water partition coefficient (Wildman–Crippen LogP) is 2.68. The van der Waals surface area contributed by atoms with Gasteiger partial charge in [0.15, 0.2) is 0 Å². The summed E-state index contributed by atoms with van der Waals surface area (Å²) < 4.78 is 0. The van der Waals surface area contributed by atoms with Gasteiger partial charge in [0.2, 0.25) is 5.91 Å². The van der Waals surface area contributed by atoms with Crippen molar-refractivity contribution in [2.75, 3.05) is 18.5 Å². The monoisotopic (exact) mass is 326 g/mol. The highest BCUT2D eigenvalue weighted by Crippen LogP contribution is 2.21. The van der Waals surface area contributed by atoms with Gasteiger partial charge in [0, 0.05) is 25.3 Å². The van der Waals surface area contributed by atoms with E-state index >= 15 is 0 Å². The van der Waals surface area contributed by atoms with Crippen LogP contribution in [0.4, 0.5) is 5.69 Å². The number of amides is 2. The Morgan fingerprint density at radius 1 is 1.27 bits per heavy atom. The standard InChI is InChI=1S/C16H23ClN2O3/c1-10(2)6-15(21)19-12-4-5-14(17)13(7-12)16(22)18-8-11(3)9-20/h4-5,7,10-11,20H,6,8-9H2,1-3H3,(H,18,22)(H,19,21). The van der Waals surface area contributed by atoms with E-state index in [1.807, 2.05) is 20.8 Å². The average molecular weight is 327 g/mol. The van der Waals surface area contributed by atoms with Crippen LogP contribution in [0.2, 0.25) is 5.02 Å². The van der Waals surface area contributed by atoms with Gasteiger partial charge in [-0.25, -0.2) is 0 Å². The average Bonchev–Trinajstić information content (AvgIpc) is 2.45. The van der Waals surface area contributed by atoms with Crippen molar-refractivity contribution in [3.05, 3.63) is 28.8 Å². The third kappa shape index (κ3) is 6.03. The summed E-state index contributed by atoms with van der Waals surface area (Å²) in [6.45, 7) is 6.10. The van der Waals surface area contributed by atoms with Crippen molar-refractivity contribution in [3.8, 4) is 0 Å². The van der Waals surface area contributed by atoms with Crippen molar-refractivity contribution >= 4 is 29.1 Å². The van der Waals surface area contributed by atoms with Gasteiger partial charge in [0.25, 0.3) is 5.91 Å². The fourth-order valence-corrected chi connectivity index (χ4v) is 1.99. The summed E-state index contributed by atoms with van der Waals surface area (Å²) in [4.78, 5) is 23.9. The number of nitrogens with one attached hydrogen (secondary N) is 2. The molecule has 1 aromatic rings. The summed E-state index contributed by atoms with van der Waals surface area (Å²) in [5.41, 5.74) is 0.838. The minimum atomic E-state index is -0.328. The third-order valence-corrected chi connectivity index (χ3v) is 3.34. The van der Waals surface area contributed by atoms with Gasteiger partial charge in [0.1, 0.15) is 0 Å². The molecule has 0 radical (unpaired) electrons. The molecular weight excluding hydrogens is 304 g/mol. The van der Waals surface area contributed by atoms with Crippen LogP contribution in [0.15, 0.2) is 18.2 Å². The highest BCUT2D eigenvalue weighted by Gasteiger charge is 2.13. The Bertz CT molecular complexity index is 532. The molecule has 0 spiro atoms. The molecule has 2 amide bonds. The summed E-state index contributed by atoms with van der Waals surface area (Å²) in [5, 5.41) is 14.7. The van der Waals surface area contributed by atoms with Gasteiger partial charge < -0.3 is 15.7 Å². The van der Waals surface area contributed by atoms with Gasteiger partial charge in [-0.05, 0) is 30.0 Å². The molecule has 1 atom stereocenters. The number of aliphatic hydroxyl groups excluding tert-OH is 1. The normalized spacial score (nSPS) is 12.1. The SMILES string of the molecule is CC(C)CC(=O)Nc1ccc(Cl)c(C(=O)NCC(C)CO)c1. The van der Waals surface area contributed by atoms with Gasteiger partial charge in [0.05, 0.1) is 10.6 Å². The van der Waals surface area contributed by atoms with Crippen molar-refractivity contribution in [2.45, 2.75) is 27.2 Å². The zero-order chi connectivity index (χ0) is 16.7. The van der Waals surface area contributed by atoms with Crippen molar-refractivity contribution in [1.29, 1.82) is 0 Å².